The van der Waals surface area contributed by atoms with Crippen LogP contribution in [0.5, 0.6) is 11.5 Å². The zero-order valence-corrected chi connectivity index (χ0v) is 14.4. The van der Waals surface area contributed by atoms with Crippen LogP contribution in [0.1, 0.15) is 50.3 Å². The number of methoxy groups -OCH3 is 2. The summed E-state index contributed by atoms with van der Waals surface area (Å²) in [6.07, 6.45) is 5.12. The molecule has 0 spiro atoms. The first-order chi connectivity index (χ1) is 10.6. The highest BCUT2D eigenvalue weighted by atomic mass is 16.5. The van der Waals surface area contributed by atoms with Gasteiger partial charge in [0, 0.05) is 19.1 Å². The Labute approximate surface area is 134 Å². The smallest absolute Gasteiger partial charge is 0.161 e. The van der Waals surface area contributed by atoms with Crippen molar-refractivity contribution in [2.24, 2.45) is 11.8 Å². The molecule has 3 rings (SSSR count). The Kier molecular flexibility index (Phi) is 4.62. The molecule has 0 saturated carbocycles. The van der Waals surface area contributed by atoms with Crippen LogP contribution in [0.2, 0.25) is 0 Å². The first-order valence-electron chi connectivity index (χ1n) is 8.61. The van der Waals surface area contributed by atoms with Gasteiger partial charge in [0.05, 0.1) is 14.2 Å². The molecule has 2 aliphatic heterocycles. The molecule has 3 heteroatoms. The molecule has 2 aliphatic rings. The Morgan fingerprint density at radius 1 is 1.14 bits per heavy atom. The van der Waals surface area contributed by atoms with Gasteiger partial charge in [0.2, 0.25) is 0 Å². The van der Waals surface area contributed by atoms with Gasteiger partial charge in [-0.05, 0) is 60.8 Å². The van der Waals surface area contributed by atoms with E-state index in [1.54, 1.807) is 14.2 Å². The quantitative estimate of drug-likeness (QED) is 0.837. The van der Waals surface area contributed by atoms with E-state index >= 15 is 0 Å². The summed E-state index contributed by atoms with van der Waals surface area (Å²) in [6, 6.07) is 4.98. The van der Waals surface area contributed by atoms with E-state index in [2.05, 4.69) is 30.9 Å². The number of rotatable bonds is 4. The monoisotopic (exact) mass is 303 g/mol. The number of nitrogens with zero attached hydrogens (tertiary/aromatic N) is 1. The summed E-state index contributed by atoms with van der Waals surface area (Å²) in [5, 5.41) is 0. The van der Waals surface area contributed by atoms with Gasteiger partial charge in [-0.3, -0.25) is 4.90 Å². The standard InChI is InChI=1S/C19H29NO2/c1-13(2)9-14-5-6-17-16-11-19(22-4)18(21-3)10-15(16)7-8-20(17)12-14/h10-11,13-14,17H,5-9,12H2,1-4H3/t14-,17+/m0/s1. The van der Waals surface area contributed by atoms with Gasteiger partial charge in [0.15, 0.2) is 11.5 Å². The number of benzene rings is 1. The van der Waals surface area contributed by atoms with Crippen molar-refractivity contribution < 1.29 is 9.47 Å². The molecule has 3 nitrogen and oxygen atoms in total. The second-order valence-corrected chi connectivity index (χ2v) is 7.24. The second-order valence-electron chi connectivity index (χ2n) is 7.24. The van der Waals surface area contributed by atoms with Crippen LogP contribution in [-0.4, -0.2) is 32.2 Å². The van der Waals surface area contributed by atoms with E-state index in [1.807, 2.05) is 0 Å². The van der Waals surface area contributed by atoms with Crippen LogP contribution < -0.4 is 9.47 Å². The summed E-state index contributed by atoms with van der Waals surface area (Å²) < 4.78 is 11.0. The number of hydrogen-bond donors (Lipinski definition) is 0. The zero-order valence-electron chi connectivity index (χ0n) is 14.4. The summed E-state index contributed by atoms with van der Waals surface area (Å²) >= 11 is 0. The van der Waals surface area contributed by atoms with E-state index < -0.39 is 0 Å². The van der Waals surface area contributed by atoms with Crippen molar-refractivity contribution >= 4 is 0 Å². The molecule has 0 aromatic heterocycles. The minimum Gasteiger partial charge on any atom is -0.493 e. The molecular formula is C19H29NO2. The maximum atomic E-state index is 5.51. The lowest BCUT2D eigenvalue weighted by Gasteiger charge is -2.44. The summed E-state index contributed by atoms with van der Waals surface area (Å²) in [6.45, 7) is 7.13. The molecule has 1 saturated heterocycles. The highest BCUT2D eigenvalue weighted by Gasteiger charge is 2.34. The van der Waals surface area contributed by atoms with Crippen molar-refractivity contribution in [3.8, 4) is 11.5 Å². The van der Waals surface area contributed by atoms with E-state index in [4.69, 9.17) is 9.47 Å². The number of ether oxygens (including phenoxy) is 2. The first-order valence-corrected chi connectivity index (χ1v) is 8.61. The summed E-state index contributed by atoms with van der Waals surface area (Å²) in [5.41, 5.74) is 2.91. The number of piperidine rings is 1. The van der Waals surface area contributed by atoms with Crippen LogP contribution in [0, 0.1) is 11.8 Å². The number of fused-ring (bicyclic) bond motifs is 3. The fraction of sp³-hybridized carbons (Fsp3) is 0.684. The zero-order chi connectivity index (χ0) is 15.7. The largest absolute Gasteiger partial charge is 0.493 e. The maximum absolute atomic E-state index is 5.51. The van der Waals surface area contributed by atoms with Gasteiger partial charge in [-0.25, -0.2) is 0 Å². The summed E-state index contributed by atoms with van der Waals surface area (Å²) in [5.74, 6) is 3.41. The lowest BCUT2D eigenvalue weighted by atomic mass is 9.81. The lowest BCUT2D eigenvalue weighted by Crippen LogP contribution is -2.42. The first kappa shape index (κ1) is 15.7. The van der Waals surface area contributed by atoms with Gasteiger partial charge in [-0.1, -0.05) is 13.8 Å². The van der Waals surface area contributed by atoms with Crippen LogP contribution in [0.15, 0.2) is 12.1 Å². The molecular weight excluding hydrogens is 274 g/mol. The Morgan fingerprint density at radius 3 is 2.55 bits per heavy atom. The van der Waals surface area contributed by atoms with Crippen LogP contribution in [0.3, 0.4) is 0 Å². The molecule has 2 heterocycles. The fourth-order valence-corrected chi connectivity index (χ4v) is 4.31. The Morgan fingerprint density at radius 2 is 1.86 bits per heavy atom. The van der Waals surface area contributed by atoms with Gasteiger partial charge >= 0.3 is 0 Å². The molecule has 0 aliphatic carbocycles. The molecule has 0 radical (unpaired) electrons. The third-order valence-electron chi connectivity index (χ3n) is 5.26. The lowest BCUT2D eigenvalue weighted by molar-refractivity contribution is 0.0894. The molecule has 1 aromatic rings. The van der Waals surface area contributed by atoms with Gasteiger partial charge < -0.3 is 9.47 Å². The summed E-state index contributed by atoms with van der Waals surface area (Å²) in [7, 11) is 3.45. The molecule has 0 amide bonds. The van der Waals surface area contributed by atoms with Crippen LogP contribution in [0.4, 0.5) is 0 Å². The Balaban J connectivity index is 1.82. The van der Waals surface area contributed by atoms with Crippen molar-refractivity contribution in [1.29, 1.82) is 0 Å². The van der Waals surface area contributed by atoms with Crippen LogP contribution in [0.25, 0.3) is 0 Å². The van der Waals surface area contributed by atoms with Crippen molar-refractivity contribution in [2.75, 3.05) is 27.3 Å². The Bertz CT molecular complexity index is 526. The molecule has 0 bridgehead atoms. The van der Waals surface area contributed by atoms with E-state index in [9.17, 15) is 0 Å². The minimum absolute atomic E-state index is 0.576. The molecule has 22 heavy (non-hydrogen) atoms. The minimum atomic E-state index is 0.576. The van der Waals surface area contributed by atoms with Crippen molar-refractivity contribution in [2.45, 2.75) is 45.6 Å². The average molecular weight is 303 g/mol. The molecule has 1 aromatic carbocycles. The van der Waals surface area contributed by atoms with E-state index in [1.165, 1.54) is 43.5 Å². The van der Waals surface area contributed by atoms with Gasteiger partial charge in [0.1, 0.15) is 0 Å². The third kappa shape index (κ3) is 2.96. The Hall–Kier alpha value is -1.22. The molecule has 122 valence electrons. The van der Waals surface area contributed by atoms with Gasteiger partial charge in [-0.15, -0.1) is 0 Å². The van der Waals surface area contributed by atoms with Crippen molar-refractivity contribution in [3.05, 3.63) is 23.3 Å². The van der Waals surface area contributed by atoms with Crippen LogP contribution >= 0.6 is 0 Å². The second kappa shape index (κ2) is 6.49. The number of hydrogen-bond acceptors (Lipinski definition) is 3. The topological polar surface area (TPSA) is 21.7 Å². The maximum Gasteiger partial charge on any atom is 0.161 e. The highest BCUT2D eigenvalue weighted by molar-refractivity contribution is 5.49. The molecule has 0 unspecified atom stereocenters. The third-order valence-corrected chi connectivity index (χ3v) is 5.26. The highest BCUT2D eigenvalue weighted by Crippen LogP contribution is 2.43. The van der Waals surface area contributed by atoms with Crippen molar-refractivity contribution in [1.82, 2.24) is 4.90 Å². The van der Waals surface area contributed by atoms with Gasteiger partial charge in [-0.2, -0.15) is 0 Å². The summed E-state index contributed by atoms with van der Waals surface area (Å²) in [4.78, 5) is 2.70. The van der Waals surface area contributed by atoms with E-state index in [0.717, 1.165) is 29.8 Å². The molecule has 1 fully saturated rings. The van der Waals surface area contributed by atoms with Gasteiger partial charge in [0.25, 0.3) is 0 Å². The SMILES string of the molecule is COc1cc2c(cc1OC)[C@H]1CC[C@@H](CC(C)C)CN1CC2. The fourth-order valence-electron chi connectivity index (χ4n) is 4.31. The average Bonchev–Trinajstić information content (AvgIpc) is 2.52. The molecule has 0 N–H and O–H groups in total. The normalized spacial score (nSPS) is 24.8. The predicted molar refractivity (Wildman–Crippen MR) is 89.7 cm³/mol. The van der Waals surface area contributed by atoms with Crippen LogP contribution in [-0.2, 0) is 6.42 Å². The van der Waals surface area contributed by atoms with E-state index in [0.29, 0.717) is 6.04 Å². The van der Waals surface area contributed by atoms with E-state index in [-0.39, 0.29) is 0 Å². The van der Waals surface area contributed by atoms with Crippen molar-refractivity contribution in [3.63, 3.8) is 0 Å². The predicted octanol–water partition coefficient (Wildman–Crippen LogP) is 4.06. The molecule has 2 atom stereocenters.